The van der Waals surface area contributed by atoms with Crippen molar-refractivity contribution in [2.75, 3.05) is 5.73 Å². The van der Waals surface area contributed by atoms with Gasteiger partial charge < -0.3 is 5.73 Å². The fourth-order valence-electron chi connectivity index (χ4n) is 2.79. The standard InChI is InChI=1S/C14H21N/c1-10-6-7-11(2)14(8-10)12-4-3-5-13(15)9-12/h3-5,9-11,14H,6-8,15H2,1-2H3/t10-,11-,14-/m1/s1. The lowest BCUT2D eigenvalue weighted by Gasteiger charge is -2.33. The maximum Gasteiger partial charge on any atom is 0.0316 e. The zero-order chi connectivity index (χ0) is 10.8. The predicted octanol–water partition coefficient (Wildman–Crippen LogP) is 3.81. The minimum atomic E-state index is 0.720. The molecule has 0 radical (unpaired) electrons. The van der Waals surface area contributed by atoms with Crippen LogP contribution >= 0.6 is 0 Å². The number of hydrogen-bond acceptors (Lipinski definition) is 1. The summed E-state index contributed by atoms with van der Waals surface area (Å²) >= 11 is 0. The molecule has 0 bridgehead atoms. The average Bonchev–Trinajstić information content (AvgIpc) is 2.22. The Bertz CT molecular complexity index is 332. The topological polar surface area (TPSA) is 26.0 Å². The first-order valence-electron chi connectivity index (χ1n) is 6.02. The first-order chi connectivity index (χ1) is 7.16. The lowest BCUT2D eigenvalue weighted by molar-refractivity contribution is 0.265. The summed E-state index contributed by atoms with van der Waals surface area (Å²) in [5.41, 5.74) is 8.19. The Hall–Kier alpha value is -0.980. The van der Waals surface area contributed by atoms with E-state index in [0.29, 0.717) is 0 Å². The van der Waals surface area contributed by atoms with Gasteiger partial charge in [-0.2, -0.15) is 0 Å². The molecule has 0 aliphatic heterocycles. The molecule has 0 spiro atoms. The first kappa shape index (κ1) is 10.5. The van der Waals surface area contributed by atoms with Gasteiger partial charge in [0.05, 0.1) is 0 Å². The molecule has 0 saturated heterocycles. The number of benzene rings is 1. The molecule has 1 saturated carbocycles. The van der Waals surface area contributed by atoms with Crippen LogP contribution in [0.2, 0.25) is 0 Å². The second-order valence-corrected chi connectivity index (χ2v) is 5.17. The number of rotatable bonds is 1. The molecular formula is C14H21N. The van der Waals surface area contributed by atoms with Gasteiger partial charge in [-0.1, -0.05) is 32.4 Å². The zero-order valence-electron chi connectivity index (χ0n) is 9.74. The minimum absolute atomic E-state index is 0.720. The van der Waals surface area contributed by atoms with Crippen LogP contribution in [-0.4, -0.2) is 0 Å². The quantitative estimate of drug-likeness (QED) is 0.690. The largest absolute Gasteiger partial charge is 0.399 e. The highest BCUT2D eigenvalue weighted by atomic mass is 14.5. The van der Waals surface area contributed by atoms with Crippen molar-refractivity contribution in [3.63, 3.8) is 0 Å². The van der Waals surface area contributed by atoms with E-state index in [1.165, 1.54) is 24.8 Å². The lowest BCUT2D eigenvalue weighted by Crippen LogP contribution is -2.19. The Morgan fingerprint density at radius 2 is 2.00 bits per heavy atom. The molecule has 0 amide bonds. The third kappa shape index (κ3) is 2.34. The van der Waals surface area contributed by atoms with Crippen LogP contribution in [0.3, 0.4) is 0 Å². The van der Waals surface area contributed by atoms with Crippen LogP contribution in [0.15, 0.2) is 24.3 Å². The molecule has 2 rings (SSSR count). The Kier molecular flexibility index (Phi) is 2.99. The third-order valence-electron chi connectivity index (χ3n) is 3.80. The molecule has 1 aromatic carbocycles. The van der Waals surface area contributed by atoms with Gasteiger partial charge >= 0.3 is 0 Å². The van der Waals surface area contributed by atoms with Crippen molar-refractivity contribution in [2.45, 2.75) is 39.0 Å². The Morgan fingerprint density at radius 1 is 1.20 bits per heavy atom. The van der Waals surface area contributed by atoms with Crippen LogP contribution in [0, 0.1) is 11.8 Å². The maximum atomic E-state index is 5.85. The van der Waals surface area contributed by atoms with Gasteiger partial charge in [0.25, 0.3) is 0 Å². The summed E-state index contributed by atoms with van der Waals surface area (Å²) in [5, 5.41) is 0. The van der Waals surface area contributed by atoms with E-state index >= 15 is 0 Å². The normalized spacial score (nSPS) is 31.5. The molecule has 1 heteroatoms. The van der Waals surface area contributed by atoms with E-state index in [9.17, 15) is 0 Å². The summed E-state index contributed by atoms with van der Waals surface area (Å²) in [6.45, 7) is 4.74. The van der Waals surface area contributed by atoms with Crippen molar-refractivity contribution in [3.05, 3.63) is 29.8 Å². The second kappa shape index (κ2) is 4.26. The molecule has 15 heavy (non-hydrogen) atoms. The molecule has 0 aromatic heterocycles. The average molecular weight is 203 g/mol. The van der Waals surface area contributed by atoms with E-state index in [0.717, 1.165) is 23.4 Å². The monoisotopic (exact) mass is 203 g/mol. The first-order valence-corrected chi connectivity index (χ1v) is 6.02. The van der Waals surface area contributed by atoms with Gasteiger partial charge in [-0.15, -0.1) is 0 Å². The number of nitrogen functional groups attached to an aromatic ring is 1. The smallest absolute Gasteiger partial charge is 0.0316 e. The summed E-state index contributed by atoms with van der Waals surface area (Å²) in [6, 6.07) is 8.44. The van der Waals surface area contributed by atoms with Crippen LogP contribution in [0.25, 0.3) is 0 Å². The van der Waals surface area contributed by atoms with Crippen molar-refractivity contribution >= 4 is 5.69 Å². The van der Waals surface area contributed by atoms with E-state index < -0.39 is 0 Å². The lowest BCUT2D eigenvalue weighted by atomic mass is 9.72. The second-order valence-electron chi connectivity index (χ2n) is 5.17. The van der Waals surface area contributed by atoms with Crippen molar-refractivity contribution in [1.29, 1.82) is 0 Å². The van der Waals surface area contributed by atoms with Crippen LogP contribution < -0.4 is 5.73 Å². The van der Waals surface area contributed by atoms with Crippen LogP contribution in [0.4, 0.5) is 5.69 Å². The van der Waals surface area contributed by atoms with E-state index in [-0.39, 0.29) is 0 Å². The maximum absolute atomic E-state index is 5.85. The summed E-state index contributed by atoms with van der Waals surface area (Å²) in [6.07, 6.45) is 4.07. The highest BCUT2D eigenvalue weighted by molar-refractivity contribution is 5.42. The highest BCUT2D eigenvalue weighted by Gasteiger charge is 2.26. The van der Waals surface area contributed by atoms with Gasteiger partial charge in [-0.3, -0.25) is 0 Å². The number of nitrogens with two attached hydrogens (primary N) is 1. The predicted molar refractivity (Wildman–Crippen MR) is 65.8 cm³/mol. The Labute approximate surface area is 92.7 Å². The summed E-state index contributed by atoms with van der Waals surface area (Å²) in [4.78, 5) is 0. The van der Waals surface area contributed by atoms with E-state index in [2.05, 4.69) is 32.0 Å². The van der Waals surface area contributed by atoms with Gasteiger partial charge in [0.1, 0.15) is 0 Å². The SMILES string of the molecule is C[C@@H]1CC[C@@H](C)[C@H](c2cccc(N)c2)C1. The molecule has 1 aliphatic carbocycles. The van der Waals surface area contributed by atoms with E-state index in [1.807, 2.05) is 6.07 Å². The zero-order valence-corrected chi connectivity index (χ0v) is 9.74. The molecular weight excluding hydrogens is 182 g/mol. The third-order valence-corrected chi connectivity index (χ3v) is 3.80. The molecule has 82 valence electrons. The molecule has 1 fully saturated rings. The molecule has 0 unspecified atom stereocenters. The molecule has 3 atom stereocenters. The van der Waals surface area contributed by atoms with E-state index in [1.54, 1.807) is 0 Å². The van der Waals surface area contributed by atoms with Crippen LogP contribution in [-0.2, 0) is 0 Å². The van der Waals surface area contributed by atoms with Crippen molar-refractivity contribution < 1.29 is 0 Å². The molecule has 1 aromatic rings. The van der Waals surface area contributed by atoms with Crippen molar-refractivity contribution in [2.24, 2.45) is 11.8 Å². The van der Waals surface area contributed by atoms with Crippen LogP contribution in [0.5, 0.6) is 0 Å². The molecule has 0 heterocycles. The molecule has 1 nitrogen and oxygen atoms in total. The summed E-state index contributed by atoms with van der Waals surface area (Å²) in [7, 11) is 0. The Morgan fingerprint density at radius 3 is 2.73 bits per heavy atom. The minimum Gasteiger partial charge on any atom is -0.399 e. The molecule has 2 N–H and O–H groups in total. The van der Waals surface area contributed by atoms with Gasteiger partial charge in [0.2, 0.25) is 0 Å². The van der Waals surface area contributed by atoms with Gasteiger partial charge in [0.15, 0.2) is 0 Å². The highest BCUT2D eigenvalue weighted by Crippen LogP contribution is 2.40. The van der Waals surface area contributed by atoms with Crippen molar-refractivity contribution in [1.82, 2.24) is 0 Å². The van der Waals surface area contributed by atoms with Gasteiger partial charge in [-0.25, -0.2) is 0 Å². The fourth-order valence-corrected chi connectivity index (χ4v) is 2.79. The summed E-state index contributed by atoms with van der Waals surface area (Å²) in [5.74, 6) is 2.40. The number of anilines is 1. The van der Waals surface area contributed by atoms with Crippen LogP contribution in [0.1, 0.15) is 44.6 Å². The van der Waals surface area contributed by atoms with Gasteiger partial charge in [0, 0.05) is 5.69 Å². The number of hydrogen-bond donors (Lipinski definition) is 1. The van der Waals surface area contributed by atoms with Crippen molar-refractivity contribution in [3.8, 4) is 0 Å². The Balaban J connectivity index is 2.21. The van der Waals surface area contributed by atoms with E-state index in [4.69, 9.17) is 5.73 Å². The summed E-state index contributed by atoms with van der Waals surface area (Å²) < 4.78 is 0. The molecule has 1 aliphatic rings. The van der Waals surface area contributed by atoms with Gasteiger partial charge in [-0.05, 0) is 48.3 Å². The fraction of sp³-hybridized carbons (Fsp3) is 0.571.